The van der Waals surface area contributed by atoms with Gasteiger partial charge in [0.2, 0.25) is 0 Å². The minimum atomic E-state index is -4.54. The van der Waals surface area contributed by atoms with Crippen molar-refractivity contribution >= 4 is 34.2 Å². The molecule has 0 bridgehead atoms. The zero-order chi connectivity index (χ0) is 25.0. The third-order valence-electron chi connectivity index (χ3n) is 5.55. The molecule has 0 aliphatic rings. The Morgan fingerprint density at radius 1 is 0.861 bits per heavy atom. The van der Waals surface area contributed by atoms with E-state index in [0.29, 0.717) is 35.6 Å². The second-order valence-corrected chi connectivity index (χ2v) is 8.82. The van der Waals surface area contributed by atoms with Crippen LogP contribution in [-0.2, 0) is 6.18 Å². The lowest BCUT2D eigenvalue weighted by Gasteiger charge is -2.19. The van der Waals surface area contributed by atoms with E-state index in [1.54, 1.807) is 54.1 Å². The van der Waals surface area contributed by atoms with Crippen LogP contribution in [0, 0.1) is 0 Å². The van der Waals surface area contributed by atoms with Crippen molar-refractivity contribution in [3.63, 3.8) is 0 Å². The van der Waals surface area contributed by atoms with E-state index in [1.165, 1.54) is 12.1 Å². The number of nitrogens with zero attached hydrogens (tertiary/aromatic N) is 1. The molecule has 4 aromatic rings. The largest absolute Gasteiger partial charge is 0.418 e. The molecule has 9 heteroatoms. The topological polar surface area (TPSA) is 46.1 Å². The first kappa shape index (κ1) is 27.5. The molecular weight excluding hydrogens is 555 g/mol. The summed E-state index contributed by atoms with van der Waals surface area (Å²) in [4.78, 5) is 12.6. The minimum Gasteiger partial charge on any atom is -0.351 e. The average Bonchev–Trinajstić information content (AvgIpc) is 3.29. The van der Waals surface area contributed by atoms with E-state index in [-0.39, 0.29) is 24.0 Å². The molecule has 1 aromatic heterocycles. The molecule has 0 spiro atoms. The number of aromatic nitrogens is 1. The van der Waals surface area contributed by atoms with Gasteiger partial charge in [-0.15, -0.1) is 12.4 Å². The molecule has 0 saturated carbocycles. The zero-order valence-electron chi connectivity index (χ0n) is 19.3. The zero-order valence-corrected chi connectivity index (χ0v) is 21.7. The second-order valence-electron chi connectivity index (χ2n) is 7.90. The Hall–Kier alpha value is -3.07. The van der Waals surface area contributed by atoms with Gasteiger partial charge in [-0.05, 0) is 66.7 Å². The number of carbonyl (C=O) groups is 1. The smallest absolute Gasteiger partial charge is 0.351 e. The number of benzene rings is 3. The Morgan fingerprint density at radius 3 is 2.19 bits per heavy atom. The SMILES string of the molecule is CNCCNC(=O)c1cccc(-c2ccc(-c3ccc(Br)cc3)n2-c2ccccc2C(F)(F)F)c1.Cl. The lowest BCUT2D eigenvalue weighted by atomic mass is 10.1. The Balaban J connectivity index is 0.00000361. The molecule has 36 heavy (non-hydrogen) atoms. The van der Waals surface area contributed by atoms with Gasteiger partial charge in [0.15, 0.2) is 0 Å². The summed E-state index contributed by atoms with van der Waals surface area (Å²) in [5.41, 5.74) is 2.25. The van der Waals surface area contributed by atoms with Crippen molar-refractivity contribution in [2.24, 2.45) is 0 Å². The quantitative estimate of drug-likeness (QED) is 0.233. The summed E-state index contributed by atoms with van der Waals surface area (Å²) in [6.45, 7) is 1.08. The number of para-hydroxylation sites is 1. The van der Waals surface area contributed by atoms with Gasteiger partial charge in [0, 0.05) is 23.1 Å². The normalized spacial score (nSPS) is 11.1. The van der Waals surface area contributed by atoms with Gasteiger partial charge in [-0.3, -0.25) is 4.79 Å². The maximum Gasteiger partial charge on any atom is 0.418 e. The van der Waals surface area contributed by atoms with Crippen LogP contribution in [0.4, 0.5) is 13.2 Å². The summed E-state index contributed by atoms with van der Waals surface area (Å²) in [5, 5.41) is 5.79. The lowest BCUT2D eigenvalue weighted by Crippen LogP contribution is -2.30. The number of alkyl halides is 3. The standard InChI is InChI=1S/C27H23BrF3N3O.ClH/c1-32-15-16-33-26(35)20-6-4-5-19(17-20)24-14-13-23(18-9-11-21(28)12-10-18)34(24)25-8-3-2-7-22(25)27(29,30)31;/h2-14,17,32H,15-16H2,1H3,(H,33,35);1H. The van der Waals surface area contributed by atoms with Crippen molar-refractivity contribution in [2.45, 2.75) is 6.18 Å². The highest BCUT2D eigenvalue weighted by Gasteiger charge is 2.34. The van der Waals surface area contributed by atoms with Gasteiger partial charge in [-0.25, -0.2) is 0 Å². The number of hydrogen-bond acceptors (Lipinski definition) is 2. The Kier molecular flexibility index (Phi) is 9.00. The van der Waals surface area contributed by atoms with Gasteiger partial charge < -0.3 is 15.2 Å². The summed E-state index contributed by atoms with van der Waals surface area (Å²) in [5.74, 6) is -0.246. The van der Waals surface area contributed by atoms with Gasteiger partial charge in [0.05, 0.1) is 22.6 Å². The molecule has 0 radical (unpaired) electrons. The molecule has 0 fully saturated rings. The van der Waals surface area contributed by atoms with Crippen LogP contribution >= 0.6 is 28.3 Å². The predicted octanol–water partition coefficient (Wildman–Crippen LogP) is 6.96. The molecule has 2 N–H and O–H groups in total. The van der Waals surface area contributed by atoms with Crippen LogP contribution in [0.15, 0.2) is 89.4 Å². The lowest BCUT2D eigenvalue weighted by molar-refractivity contribution is -0.137. The molecular formula is C27H24BrClF3N3O. The van der Waals surface area contributed by atoms with E-state index >= 15 is 0 Å². The molecule has 1 amide bonds. The van der Waals surface area contributed by atoms with Crippen LogP contribution in [0.1, 0.15) is 15.9 Å². The highest BCUT2D eigenvalue weighted by molar-refractivity contribution is 9.10. The van der Waals surface area contributed by atoms with Crippen molar-refractivity contribution in [1.29, 1.82) is 0 Å². The highest BCUT2D eigenvalue weighted by atomic mass is 79.9. The third kappa shape index (κ3) is 6.00. The van der Waals surface area contributed by atoms with E-state index in [4.69, 9.17) is 0 Å². The van der Waals surface area contributed by atoms with Crippen molar-refractivity contribution in [3.05, 3.63) is 101 Å². The number of rotatable bonds is 7. The average molecular weight is 579 g/mol. The number of carbonyl (C=O) groups excluding carboxylic acids is 1. The molecule has 188 valence electrons. The first-order chi connectivity index (χ1) is 16.8. The van der Waals surface area contributed by atoms with Crippen molar-refractivity contribution in [2.75, 3.05) is 20.1 Å². The molecule has 0 saturated heterocycles. The number of nitrogens with one attached hydrogen (secondary N) is 2. The summed E-state index contributed by atoms with van der Waals surface area (Å²) >= 11 is 3.41. The van der Waals surface area contributed by atoms with Crippen LogP contribution in [0.25, 0.3) is 28.2 Å². The van der Waals surface area contributed by atoms with Gasteiger partial charge >= 0.3 is 6.18 Å². The van der Waals surface area contributed by atoms with Crippen LogP contribution in [0.5, 0.6) is 0 Å². The summed E-state index contributed by atoms with van der Waals surface area (Å²) in [6.07, 6.45) is -4.54. The van der Waals surface area contributed by atoms with E-state index < -0.39 is 11.7 Å². The molecule has 0 unspecified atom stereocenters. The Bertz CT molecular complexity index is 1340. The third-order valence-corrected chi connectivity index (χ3v) is 6.08. The number of hydrogen-bond donors (Lipinski definition) is 2. The fourth-order valence-electron chi connectivity index (χ4n) is 3.90. The van der Waals surface area contributed by atoms with Crippen LogP contribution in [0.3, 0.4) is 0 Å². The maximum absolute atomic E-state index is 14.0. The monoisotopic (exact) mass is 577 g/mol. The van der Waals surface area contributed by atoms with Crippen LogP contribution in [0.2, 0.25) is 0 Å². The second kappa shape index (κ2) is 11.8. The van der Waals surface area contributed by atoms with Gasteiger partial charge in [-0.2, -0.15) is 13.2 Å². The fourth-order valence-corrected chi connectivity index (χ4v) is 4.16. The Morgan fingerprint density at radius 2 is 1.53 bits per heavy atom. The van der Waals surface area contributed by atoms with Crippen LogP contribution < -0.4 is 10.6 Å². The summed E-state index contributed by atoms with van der Waals surface area (Å²) < 4.78 is 44.5. The van der Waals surface area contributed by atoms with E-state index in [9.17, 15) is 18.0 Å². The van der Waals surface area contributed by atoms with Crippen LogP contribution in [-0.4, -0.2) is 30.6 Å². The first-order valence-corrected chi connectivity index (χ1v) is 11.8. The fraction of sp³-hybridized carbons (Fsp3) is 0.148. The predicted molar refractivity (Wildman–Crippen MR) is 143 cm³/mol. The van der Waals surface area contributed by atoms with E-state index in [1.807, 2.05) is 24.3 Å². The molecule has 4 nitrogen and oxygen atoms in total. The molecule has 1 heterocycles. The molecule has 3 aromatic carbocycles. The van der Waals surface area contributed by atoms with Gasteiger partial charge in [0.25, 0.3) is 5.91 Å². The maximum atomic E-state index is 14.0. The van der Waals surface area contributed by atoms with Gasteiger partial charge in [0.1, 0.15) is 0 Å². The number of likely N-dealkylation sites (N-methyl/N-ethyl adjacent to an activating group) is 1. The van der Waals surface area contributed by atoms with Crippen molar-refractivity contribution in [1.82, 2.24) is 15.2 Å². The highest BCUT2D eigenvalue weighted by Crippen LogP contribution is 2.39. The molecule has 0 aliphatic heterocycles. The minimum absolute atomic E-state index is 0. The Labute approximate surface area is 222 Å². The first-order valence-electron chi connectivity index (χ1n) is 11.0. The molecule has 0 aliphatic carbocycles. The van der Waals surface area contributed by atoms with Crippen molar-refractivity contribution in [3.8, 4) is 28.2 Å². The van der Waals surface area contributed by atoms with E-state index in [2.05, 4.69) is 26.6 Å². The summed E-state index contributed by atoms with van der Waals surface area (Å²) in [6, 6.07) is 23.4. The van der Waals surface area contributed by atoms with E-state index in [0.717, 1.165) is 16.1 Å². The molecule has 4 rings (SSSR count). The van der Waals surface area contributed by atoms with Gasteiger partial charge in [-0.1, -0.05) is 52.3 Å². The summed E-state index contributed by atoms with van der Waals surface area (Å²) in [7, 11) is 1.79. The van der Waals surface area contributed by atoms with Crippen molar-refractivity contribution < 1.29 is 18.0 Å². The number of halogens is 5. The number of amides is 1. The molecule has 0 atom stereocenters.